The molecule has 0 aliphatic rings. The van der Waals surface area contributed by atoms with Gasteiger partial charge in [0, 0.05) is 19.7 Å². The van der Waals surface area contributed by atoms with Gasteiger partial charge in [-0.2, -0.15) is 0 Å². The zero-order valence-corrected chi connectivity index (χ0v) is 13.6. The molecule has 0 saturated carbocycles. The number of rotatable bonds is 7. The lowest BCUT2D eigenvalue weighted by atomic mass is 10.2. The predicted octanol–water partition coefficient (Wildman–Crippen LogP) is 1.90. The van der Waals surface area contributed by atoms with E-state index in [-0.39, 0.29) is 24.4 Å². The summed E-state index contributed by atoms with van der Waals surface area (Å²) in [6.45, 7) is -0.496. The summed E-state index contributed by atoms with van der Waals surface area (Å²) in [5, 5.41) is 12.3. The van der Waals surface area contributed by atoms with Crippen LogP contribution in [-0.2, 0) is 13.7 Å². The molecular formula is C17H18F2N2O4. The molecule has 25 heavy (non-hydrogen) atoms. The number of aromatic hydroxyl groups is 1. The number of nitrogens with one attached hydrogen (secondary N) is 1. The number of benzene rings is 1. The molecule has 2 aromatic rings. The minimum Gasteiger partial charge on any atom is -0.502 e. The van der Waals surface area contributed by atoms with Crippen LogP contribution >= 0.6 is 0 Å². The molecule has 0 unspecified atom stereocenters. The summed E-state index contributed by atoms with van der Waals surface area (Å²) in [4.78, 5) is 23.8. The second kappa shape index (κ2) is 8.27. The van der Waals surface area contributed by atoms with Gasteiger partial charge in [0.15, 0.2) is 5.75 Å². The van der Waals surface area contributed by atoms with Crippen LogP contribution in [0.3, 0.4) is 0 Å². The second-order valence-corrected chi connectivity index (χ2v) is 5.31. The Balaban J connectivity index is 1.88. The first kappa shape index (κ1) is 18.4. The first-order valence-corrected chi connectivity index (χ1v) is 7.58. The minimum absolute atomic E-state index is 0.0117. The quantitative estimate of drug-likeness (QED) is 0.746. The predicted molar refractivity (Wildman–Crippen MR) is 87.0 cm³/mol. The summed E-state index contributed by atoms with van der Waals surface area (Å²) in [6, 6.07) is 6.81. The van der Waals surface area contributed by atoms with E-state index in [1.54, 1.807) is 6.07 Å². The fourth-order valence-corrected chi connectivity index (χ4v) is 2.15. The lowest BCUT2D eigenvalue weighted by molar-refractivity contribution is 0.0948. The summed E-state index contributed by atoms with van der Waals surface area (Å²) < 4.78 is 32.1. The highest BCUT2D eigenvalue weighted by molar-refractivity contribution is 5.96. The molecule has 0 spiro atoms. The van der Waals surface area contributed by atoms with Crippen LogP contribution in [0.15, 0.2) is 35.1 Å². The zero-order valence-electron chi connectivity index (χ0n) is 13.6. The Kier molecular flexibility index (Phi) is 6.10. The smallest absolute Gasteiger partial charge is 0.293 e. The Hall–Kier alpha value is -2.90. The molecule has 2 rings (SSSR count). The maximum Gasteiger partial charge on any atom is 0.293 e. The van der Waals surface area contributed by atoms with Crippen molar-refractivity contribution < 1.29 is 23.4 Å². The van der Waals surface area contributed by atoms with Crippen LogP contribution in [0.25, 0.3) is 0 Å². The Bertz CT molecular complexity index is 821. The van der Waals surface area contributed by atoms with E-state index in [4.69, 9.17) is 4.74 Å². The molecule has 0 fully saturated rings. The van der Waals surface area contributed by atoms with Gasteiger partial charge < -0.3 is 19.7 Å². The number of hydrogen-bond donors (Lipinski definition) is 2. The van der Waals surface area contributed by atoms with E-state index in [9.17, 15) is 23.5 Å². The summed E-state index contributed by atoms with van der Waals surface area (Å²) in [5.74, 6) is -1.44. The summed E-state index contributed by atoms with van der Waals surface area (Å²) in [6.07, 6.45) is 0.420. The first-order valence-electron chi connectivity index (χ1n) is 7.58. The summed E-state index contributed by atoms with van der Waals surface area (Å²) in [7, 11) is 1.31. The van der Waals surface area contributed by atoms with Crippen LogP contribution in [0.2, 0.25) is 0 Å². The highest BCUT2D eigenvalue weighted by atomic mass is 19.1. The van der Waals surface area contributed by atoms with Gasteiger partial charge in [-0.15, -0.1) is 0 Å². The lowest BCUT2D eigenvalue weighted by Crippen LogP contribution is -2.29. The molecule has 0 aliphatic heterocycles. The zero-order chi connectivity index (χ0) is 18.4. The molecule has 8 heteroatoms. The second-order valence-electron chi connectivity index (χ2n) is 5.31. The van der Waals surface area contributed by atoms with E-state index in [1.807, 2.05) is 0 Å². The van der Waals surface area contributed by atoms with Gasteiger partial charge in [0.05, 0.1) is 17.9 Å². The number of halogens is 2. The van der Waals surface area contributed by atoms with Crippen molar-refractivity contribution in [1.29, 1.82) is 0 Å². The van der Waals surface area contributed by atoms with E-state index in [2.05, 4.69) is 5.32 Å². The third-order valence-electron chi connectivity index (χ3n) is 3.56. The Morgan fingerprint density at radius 2 is 2.12 bits per heavy atom. The van der Waals surface area contributed by atoms with E-state index >= 15 is 0 Å². The number of pyridine rings is 1. The summed E-state index contributed by atoms with van der Waals surface area (Å²) >= 11 is 0. The molecule has 134 valence electrons. The highest BCUT2D eigenvalue weighted by Crippen LogP contribution is 2.14. The van der Waals surface area contributed by atoms with Gasteiger partial charge in [-0.3, -0.25) is 9.59 Å². The van der Waals surface area contributed by atoms with Crippen molar-refractivity contribution in [1.82, 2.24) is 9.88 Å². The number of carbonyl (C=O) groups excluding carboxylic acids is 1. The van der Waals surface area contributed by atoms with Gasteiger partial charge in [0.25, 0.3) is 11.5 Å². The molecular weight excluding hydrogens is 334 g/mol. The average Bonchev–Trinajstić information content (AvgIpc) is 2.59. The highest BCUT2D eigenvalue weighted by Gasteiger charge is 2.17. The van der Waals surface area contributed by atoms with E-state index < -0.39 is 29.7 Å². The minimum atomic E-state index is -0.937. The van der Waals surface area contributed by atoms with Crippen LogP contribution in [0.5, 0.6) is 11.5 Å². The molecule has 0 aliphatic carbocycles. The van der Waals surface area contributed by atoms with Crippen molar-refractivity contribution in [2.45, 2.75) is 13.1 Å². The van der Waals surface area contributed by atoms with Gasteiger partial charge in [0.1, 0.15) is 18.2 Å². The maximum absolute atomic E-state index is 13.0. The van der Waals surface area contributed by atoms with Crippen LogP contribution in [0.1, 0.15) is 22.5 Å². The molecule has 0 radical (unpaired) electrons. The van der Waals surface area contributed by atoms with E-state index in [0.29, 0.717) is 12.2 Å². The Labute approximate surface area is 142 Å². The van der Waals surface area contributed by atoms with E-state index in [0.717, 1.165) is 10.6 Å². The molecule has 0 bridgehead atoms. The topological polar surface area (TPSA) is 80.6 Å². The van der Waals surface area contributed by atoms with Crippen molar-refractivity contribution in [2.75, 3.05) is 13.2 Å². The van der Waals surface area contributed by atoms with Crippen LogP contribution in [0, 0.1) is 5.82 Å². The molecule has 1 aromatic carbocycles. The molecule has 1 amide bonds. The number of amides is 1. The molecule has 6 nitrogen and oxygen atoms in total. The van der Waals surface area contributed by atoms with Gasteiger partial charge >= 0.3 is 0 Å². The van der Waals surface area contributed by atoms with Crippen LogP contribution in [-0.4, -0.2) is 28.7 Å². The van der Waals surface area contributed by atoms with Gasteiger partial charge in [-0.05, 0) is 24.6 Å². The molecule has 2 N–H and O–H groups in total. The van der Waals surface area contributed by atoms with Crippen molar-refractivity contribution in [3.05, 3.63) is 57.8 Å². The third kappa shape index (κ3) is 4.56. The van der Waals surface area contributed by atoms with Gasteiger partial charge in [0.2, 0.25) is 0 Å². The maximum atomic E-state index is 13.0. The number of carbonyl (C=O) groups is 1. The third-order valence-corrected chi connectivity index (χ3v) is 3.56. The summed E-state index contributed by atoms with van der Waals surface area (Å²) in [5.41, 5.74) is -1.13. The Morgan fingerprint density at radius 1 is 1.36 bits per heavy atom. The Morgan fingerprint density at radius 3 is 2.80 bits per heavy atom. The SMILES string of the molecule is Cn1c(CF)cc(C(=O)NCCCOc2cccc(F)c2)c(O)c1=O. The van der Waals surface area contributed by atoms with Crippen LogP contribution in [0.4, 0.5) is 8.78 Å². The van der Waals surface area contributed by atoms with Crippen molar-refractivity contribution in [3.8, 4) is 11.5 Å². The number of aromatic nitrogens is 1. The normalized spacial score (nSPS) is 10.5. The average molecular weight is 352 g/mol. The van der Waals surface area contributed by atoms with Gasteiger partial charge in [-0.1, -0.05) is 6.07 Å². The van der Waals surface area contributed by atoms with E-state index in [1.165, 1.54) is 25.2 Å². The lowest BCUT2D eigenvalue weighted by Gasteiger charge is -2.11. The largest absolute Gasteiger partial charge is 0.502 e. The number of alkyl halides is 1. The first-order chi connectivity index (χ1) is 11.9. The standard InChI is InChI=1S/C17H18F2N2O4/c1-21-12(10-18)9-14(15(22)17(21)24)16(23)20-6-3-7-25-13-5-2-4-11(19)8-13/h2,4-5,8-9,22H,3,6-7,10H2,1H3,(H,20,23). The van der Waals surface area contributed by atoms with Gasteiger partial charge in [-0.25, -0.2) is 8.78 Å². The molecule has 0 atom stereocenters. The number of nitrogens with zero attached hydrogens (tertiary/aromatic N) is 1. The number of ether oxygens (including phenoxy) is 1. The van der Waals surface area contributed by atoms with Crippen molar-refractivity contribution in [3.63, 3.8) is 0 Å². The fraction of sp³-hybridized carbons (Fsp3) is 0.294. The molecule has 0 saturated heterocycles. The molecule has 1 aromatic heterocycles. The van der Waals surface area contributed by atoms with Crippen molar-refractivity contribution in [2.24, 2.45) is 7.05 Å². The molecule has 1 heterocycles. The fourth-order valence-electron chi connectivity index (χ4n) is 2.15. The van der Waals surface area contributed by atoms with Crippen LogP contribution < -0.4 is 15.6 Å². The van der Waals surface area contributed by atoms with Crippen molar-refractivity contribution >= 4 is 5.91 Å². The monoisotopic (exact) mass is 352 g/mol. The number of hydrogen-bond acceptors (Lipinski definition) is 4.